The van der Waals surface area contributed by atoms with Crippen molar-refractivity contribution >= 4 is 17.2 Å². The summed E-state index contributed by atoms with van der Waals surface area (Å²) in [5, 5.41) is 3.06. The number of nitrogens with zero attached hydrogens (tertiary/aromatic N) is 1. The molecular weight excluding hydrogens is 380 g/mol. The summed E-state index contributed by atoms with van der Waals surface area (Å²) >= 11 is 1.89. The number of nitrogens with one attached hydrogen (secondary N) is 1. The molecule has 1 saturated heterocycles. The standard InChI is InChI=1S/C24H32N2O2S/c1-17(2)25-23(27)14-19-15-24(28-22-7-5-4-6-21(19)22)10-12-26(13-11-24)16-20-9-8-18(3)29-20/h4-9,17,19H,10-16H2,1-3H3,(H,25,27)/t19-/m0/s1. The number of hydrogen-bond acceptors (Lipinski definition) is 4. The van der Waals surface area contributed by atoms with E-state index in [0.29, 0.717) is 6.42 Å². The summed E-state index contributed by atoms with van der Waals surface area (Å²) in [5.74, 6) is 1.34. The average Bonchev–Trinajstić information content (AvgIpc) is 3.08. The predicted octanol–water partition coefficient (Wildman–Crippen LogP) is 4.87. The van der Waals surface area contributed by atoms with Gasteiger partial charge in [0, 0.05) is 47.8 Å². The van der Waals surface area contributed by atoms with E-state index in [-0.39, 0.29) is 23.5 Å². The number of amides is 1. The number of carbonyl (C=O) groups excluding carboxylic acids is 1. The van der Waals surface area contributed by atoms with E-state index in [2.05, 4.69) is 47.5 Å². The number of fused-ring (bicyclic) bond motifs is 1. The number of thiophene rings is 1. The van der Waals surface area contributed by atoms with Crippen LogP contribution >= 0.6 is 11.3 Å². The summed E-state index contributed by atoms with van der Waals surface area (Å²) in [6.07, 6.45) is 3.52. The maximum atomic E-state index is 12.5. The zero-order chi connectivity index (χ0) is 20.4. The second-order valence-electron chi connectivity index (χ2n) is 8.94. The van der Waals surface area contributed by atoms with Gasteiger partial charge in [-0.3, -0.25) is 9.69 Å². The highest BCUT2D eigenvalue weighted by molar-refractivity contribution is 7.11. The lowest BCUT2D eigenvalue weighted by molar-refractivity contribution is -0.122. The quantitative estimate of drug-likeness (QED) is 0.762. The molecule has 4 rings (SSSR count). The molecule has 0 unspecified atom stereocenters. The van der Waals surface area contributed by atoms with Crippen LogP contribution in [0, 0.1) is 6.92 Å². The second-order valence-corrected chi connectivity index (χ2v) is 10.3. The summed E-state index contributed by atoms with van der Waals surface area (Å²) in [4.78, 5) is 17.9. The van der Waals surface area contributed by atoms with Gasteiger partial charge in [0.1, 0.15) is 11.4 Å². The molecule has 2 aliphatic heterocycles. The van der Waals surface area contributed by atoms with Crippen molar-refractivity contribution in [2.45, 2.75) is 70.6 Å². The van der Waals surface area contributed by atoms with E-state index in [4.69, 9.17) is 4.74 Å². The van der Waals surface area contributed by atoms with E-state index in [1.165, 1.54) is 15.3 Å². The van der Waals surface area contributed by atoms with Crippen molar-refractivity contribution in [2.24, 2.45) is 0 Å². The Morgan fingerprint density at radius 2 is 2.00 bits per heavy atom. The Kier molecular flexibility index (Phi) is 5.98. The third kappa shape index (κ3) is 4.84. The molecule has 156 valence electrons. The Bertz CT molecular complexity index is 852. The summed E-state index contributed by atoms with van der Waals surface area (Å²) in [5.41, 5.74) is 1.05. The molecule has 1 fully saturated rings. The number of ether oxygens (including phenoxy) is 1. The molecule has 2 aromatic rings. The topological polar surface area (TPSA) is 41.6 Å². The zero-order valence-corrected chi connectivity index (χ0v) is 18.6. The molecule has 5 heteroatoms. The zero-order valence-electron chi connectivity index (χ0n) is 17.7. The number of para-hydroxylation sites is 1. The highest BCUT2D eigenvalue weighted by Gasteiger charge is 2.43. The number of hydrogen-bond donors (Lipinski definition) is 1. The fourth-order valence-electron chi connectivity index (χ4n) is 4.75. The molecular formula is C24H32N2O2S. The fraction of sp³-hybridized carbons (Fsp3) is 0.542. The van der Waals surface area contributed by atoms with Gasteiger partial charge in [-0.15, -0.1) is 11.3 Å². The first kappa shape index (κ1) is 20.4. The normalized spacial score (nSPS) is 21.0. The number of piperidine rings is 1. The molecule has 1 N–H and O–H groups in total. The van der Waals surface area contributed by atoms with Gasteiger partial charge in [-0.25, -0.2) is 0 Å². The first-order valence-electron chi connectivity index (χ1n) is 10.8. The molecule has 1 atom stereocenters. The molecule has 0 radical (unpaired) electrons. The predicted molar refractivity (Wildman–Crippen MR) is 119 cm³/mol. The molecule has 0 bridgehead atoms. The lowest BCUT2D eigenvalue weighted by Crippen LogP contribution is -2.50. The van der Waals surface area contributed by atoms with Gasteiger partial charge in [0.15, 0.2) is 0 Å². The van der Waals surface area contributed by atoms with Gasteiger partial charge in [0.05, 0.1) is 0 Å². The molecule has 0 aliphatic carbocycles. The summed E-state index contributed by atoms with van der Waals surface area (Å²) < 4.78 is 6.60. The van der Waals surface area contributed by atoms with Crippen molar-refractivity contribution in [3.8, 4) is 5.75 Å². The van der Waals surface area contributed by atoms with Crippen LogP contribution in [0.1, 0.15) is 60.8 Å². The molecule has 3 heterocycles. The van der Waals surface area contributed by atoms with Crippen molar-refractivity contribution in [1.82, 2.24) is 10.2 Å². The van der Waals surface area contributed by atoms with Crippen LogP contribution in [0.5, 0.6) is 5.75 Å². The van der Waals surface area contributed by atoms with E-state index in [9.17, 15) is 4.79 Å². The van der Waals surface area contributed by atoms with Crippen molar-refractivity contribution < 1.29 is 9.53 Å². The van der Waals surface area contributed by atoms with Crippen LogP contribution in [0.4, 0.5) is 0 Å². The van der Waals surface area contributed by atoms with Crippen LogP contribution in [0.25, 0.3) is 0 Å². The van der Waals surface area contributed by atoms with Gasteiger partial charge in [0.25, 0.3) is 0 Å². The number of rotatable bonds is 5. The third-order valence-electron chi connectivity index (χ3n) is 6.13. The fourth-order valence-corrected chi connectivity index (χ4v) is 5.68. The monoisotopic (exact) mass is 412 g/mol. The first-order chi connectivity index (χ1) is 13.9. The Morgan fingerprint density at radius 3 is 2.69 bits per heavy atom. The molecule has 4 nitrogen and oxygen atoms in total. The lowest BCUT2D eigenvalue weighted by atomic mass is 9.76. The van der Waals surface area contributed by atoms with E-state index in [0.717, 1.165) is 44.6 Å². The highest BCUT2D eigenvalue weighted by Crippen LogP contribution is 2.46. The van der Waals surface area contributed by atoms with Gasteiger partial charge < -0.3 is 10.1 Å². The molecule has 1 amide bonds. The Hall–Kier alpha value is -1.85. The third-order valence-corrected chi connectivity index (χ3v) is 7.11. The average molecular weight is 413 g/mol. The Labute approximate surface area is 178 Å². The summed E-state index contributed by atoms with van der Waals surface area (Å²) in [7, 11) is 0. The maximum absolute atomic E-state index is 12.5. The number of aryl methyl sites for hydroxylation is 1. The molecule has 0 saturated carbocycles. The SMILES string of the molecule is Cc1ccc(CN2CCC3(CC2)C[C@H](CC(=O)NC(C)C)c2ccccc2O3)s1. The van der Waals surface area contributed by atoms with Gasteiger partial charge in [-0.05, 0) is 63.8 Å². The smallest absolute Gasteiger partial charge is 0.220 e. The molecule has 1 aromatic heterocycles. The van der Waals surface area contributed by atoms with E-state index in [1.54, 1.807) is 0 Å². The van der Waals surface area contributed by atoms with E-state index in [1.807, 2.05) is 31.3 Å². The first-order valence-corrected chi connectivity index (χ1v) is 11.6. The lowest BCUT2D eigenvalue weighted by Gasteiger charge is -2.47. The van der Waals surface area contributed by atoms with Crippen LogP contribution in [0.15, 0.2) is 36.4 Å². The largest absolute Gasteiger partial charge is 0.487 e. The van der Waals surface area contributed by atoms with Crippen LogP contribution in [0.3, 0.4) is 0 Å². The van der Waals surface area contributed by atoms with Gasteiger partial charge >= 0.3 is 0 Å². The molecule has 2 aliphatic rings. The summed E-state index contributed by atoms with van der Waals surface area (Å²) in [6, 6.07) is 12.9. The van der Waals surface area contributed by atoms with Crippen LogP contribution < -0.4 is 10.1 Å². The maximum Gasteiger partial charge on any atom is 0.220 e. The van der Waals surface area contributed by atoms with Gasteiger partial charge in [-0.1, -0.05) is 18.2 Å². The number of carbonyl (C=O) groups is 1. The Balaban J connectivity index is 1.45. The second kappa shape index (κ2) is 8.49. The molecule has 1 spiro atoms. The minimum absolute atomic E-state index is 0.140. The van der Waals surface area contributed by atoms with Gasteiger partial charge in [0.2, 0.25) is 5.91 Å². The minimum atomic E-state index is -0.140. The van der Waals surface area contributed by atoms with E-state index < -0.39 is 0 Å². The van der Waals surface area contributed by atoms with Gasteiger partial charge in [-0.2, -0.15) is 0 Å². The molecule has 29 heavy (non-hydrogen) atoms. The number of benzene rings is 1. The summed E-state index contributed by atoms with van der Waals surface area (Å²) in [6.45, 7) is 9.33. The Morgan fingerprint density at radius 1 is 1.24 bits per heavy atom. The molecule has 1 aromatic carbocycles. The van der Waals surface area contributed by atoms with Crippen LogP contribution in [-0.4, -0.2) is 35.5 Å². The van der Waals surface area contributed by atoms with E-state index >= 15 is 0 Å². The highest BCUT2D eigenvalue weighted by atomic mass is 32.1. The van der Waals surface area contributed by atoms with Crippen LogP contribution in [0.2, 0.25) is 0 Å². The number of likely N-dealkylation sites (tertiary alicyclic amines) is 1. The minimum Gasteiger partial charge on any atom is -0.487 e. The van der Waals surface area contributed by atoms with Crippen molar-refractivity contribution in [3.05, 3.63) is 51.7 Å². The van der Waals surface area contributed by atoms with Crippen molar-refractivity contribution in [2.75, 3.05) is 13.1 Å². The van der Waals surface area contributed by atoms with Crippen LogP contribution in [-0.2, 0) is 11.3 Å². The van der Waals surface area contributed by atoms with Crippen molar-refractivity contribution in [1.29, 1.82) is 0 Å². The van der Waals surface area contributed by atoms with Crippen molar-refractivity contribution in [3.63, 3.8) is 0 Å².